The second-order valence-electron chi connectivity index (χ2n) is 5.17. The number of rotatable bonds is 4. The zero-order valence-corrected chi connectivity index (χ0v) is 12.0. The summed E-state index contributed by atoms with van der Waals surface area (Å²) in [6, 6.07) is 9.91. The highest BCUT2D eigenvalue weighted by molar-refractivity contribution is 7.99. The smallest absolute Gasteiger partial charge is 0.0991 e. The molecule has 4 heteroatoms. The number of nitrogens with one attached hydrogen (secondary N) is 1. The van der Waals surface area contributed by atoms with Crippen LogP contribution in [-0.2, 0) is 0 Å². The van der Waals surface area contributed by atoms with Gasteiger partial charge in [-0.2, -0.15) is 17.0 Å². The Balaban J connectivity index is 1.89. The summed E-state index contributed by atoms with van der Waals surface area (Å²) in [6.07, 6.45) is 1.73. The molecule has 1 aliphatic rings. The largest absolute Gasteiger partial charge is 0.389 e. The molecule has 102 valence electrons. The van der Waals surface area contributed by atoms with E-state index in [0.29, 0.717) is 12.1 Å². The van der Waals surface area contributed by atoms with E-state index in [9.17, 15) is 5.11 Å². The molecule has 2 N–H and O–H groups in total. The molecule has 0 aromatic heterocycles. The van der Waals surface area contributed by atoms with E-state index < -0.39 is 5.60 Å². The lowest BCUT2D eigenvalue weighted by atomic mass is 9.96. The molecule has 0 spiro atoms. The molecule has 1 aliphatic heterocycles. The molecule has 1 atom stereocenters. The van der Waals surface area contributed by atoms with Crippen LogP contribution in [0.5, 0.6) is 0 Å². The van der Waals surface area contributed by atoms with Gasteiger partial charge in [0.1, 0.15) is 0 Å². The fraction of sp³-hybridized carbons (Fsp3) is 0.533. The van der Waals surface area contributed by atoms with Crippen molar-refractivity contribution in [2.24, 2.45) is 0 Å². The molecule has 0 amide bonds. The number of benzene rings is 1. The van der Waals surface area contributed by atoms with Crippen molar-refractivity contribution in [1.82, 2.24) is 5.32 Å². The summed E-state index contributed by atoms with van der Waals surface area (Å²) in [4.78, 5) is 0. The van der Waals surface area contributed by atoms with Crippen LogP contribution in [0.4, 0.5) is 0 Å². The highest BCUT2D eigenvalue weighted by Crippen LogP contribution is 2.27. The van der Waals surface area contributed by atoms with Crippen LogP contribution in [0.2, 0.25) is 0 Å². The van der Waals surface area contributed by atoms with Crippen molar-refractivity contribution in [3.63, 3.8) is 0 Å². The molecule has 0 bridgehead atoms. The number of nitriles is 1. The van der Waals surface area contributed by atoms with Gasteiger partial charge in [-0.15, -0.1) is 0 Å². The Morgan fingerprint density at radius 1 is 1.37 bits per heavy atom. The number of aliphatic hydroxyl groups is 1. The fourth-order valence-electron chi connectivity index (χ4n) is 2.24. The molecular formula is C15H20N2OS. The first-order chi connectivity index (χ1) is 9.13. The Labute approximate surface area is 119 Å². The van der Waals surface area contributed by atoms with Gasteiger partial charge in [0, 0.05) is 12.6 Å². The molecule has 1 fully saturated rings. The maximum Gasteiger partial charge on any atom is 0.0991 e. The first kappa shape index (κ1) is 14.4. The van der Waals surface area contributed by atoms with Crippen LogP contribution in [0.25, 0.3) is 0 Å². The molecular weight excluding hydrogens is 256 g/mol. The summed E-state index contributed by atoms with van der Waals surface area (Å²) in [6.45, 7) is 2.72. The van der Waals surface area contributed by atoms with Crippen LogP contribution in [0.15, 0.2) is 24.3 Å². The summed E-state index contributed by atoms with van der Waals surface area (Å²) < 4.78 is 0. The summed E-state index contributed by atoms with van der Waals surface area (Å²) in [5, 5.41) is 22.6. The van der Waals surface area contributed by atoms with Crippen LogP contribution in [0.1, 0.15) is 36.9 Å². The average Bonchev–Trinajstić information content (AvgIpc) is 2.46. The van der Waals surface area contributed by atoms with E-state index in [0.717, 1.165) is 29.9 Å². The Morgan fingerprint density at radius 2 is 2.00 bits per heavy atom. The maximum absolute atomic E-state index is 10.4. The first-order valence-corrected chi connectivity index (χ1v) is 7.82. The topological polar surface area (TPSA) is 56.0 Å². The van der Waals surface area contributed by atoms with Gasteiger partial charge in [-0.1, -0.05) is 12.1 Å². The van der Waals surface area contributed by atoms with Crippen molar-refractivity contribution >= 4 is 11.8 Å². The van der Waals surface area contributed by atoms with Crippen molar-refractivity contribution in [2.45, 2.75) is 31.4 Å². The molecule has 1 unspecified atom stereocenters. The van der Waals surface area contributed by atoms with E-state index in [1.54, 1.807) is 0 Å². The van der Waals surface area contributed by atoms with Gasteiger partial charge < -0.3 is 10.4 Å². The van der Waals surface area contributed by atoms with Crippen LogP contribution in [0, 0.1) is 11.3 Å². The Hall–Kier alpha value is -1.02. The fourth-order valence-corrected chi connectivity index (χ4v) is 3.49. The minimum atomic E-state index is -0.549. The van der Waals surface area contributed by atoms with E-state index in [1.165, 1.54) is 0 Å². The predicted molar refractivity (Wildman–Crippen MR) is 79.1 cm³/mol. The van der Waals surface area contributed by atoms with Gasteiger partial charge in [0.25, 0.3) is 0 Å². The van der Waals surface area contributed by atoms with Crippen molar-refractivity contribution in [1.29, 1.82) is 5.26 Å². The second-order valence-corrected chi connectivity index (χ2v) is 6.40. The second kappa shape index (κ2) is 6.42. The number of hydrogen-bond donors (Lipinski definition) is 2. The first-order valence-electron chi connectivity index (χ1n) is 6.66. The van der Waals surface area contributed by atoms with Gasteiger partial charge in [-0.25, -0.2) is 0 Å². The zero-order chi connectivity index (χ0) is 13.7. The van der Waals surface area contributed by atoms with E-state index >= 15 is 0 Å². The third kappa shape index (κ3) is 3.97. The van der Waals surface area contributed by atoms with Crippen molar-refractivity contribution in [2.75, 3.05) is 18.1 Å². The van der Waals surface area contributed by atoms with Gasteiger partial charge in [-0.3, -0.25) is 0 Å². The summed E-state index contributed by atoms with van der Waals surface area (Å²) in [7, 11) is 0. The van der Waals surface area contributed by atoms with Crippen LogP contribution >= 0.6 is 11.8 Å². The van der Waals surface area contributed by atoms with E-state index in [1.807, 2.05) is 36.0 Å². The molecule has 1 aromatic carbocycles. The Kier molecular flexibility index (Phi) is 4.87. The van der Waals surface area contributed by atoms with Crippen LogP contribution in [0.3, 0.4) is 0 Å². The third-order valence-electron chi connectivity index (χ3n) is 3.70. The predicted octanol–water partition coefficient (Wildman–Crippen LogP) is 2.47. The van der Waals surface area contributed by atoms with E-state index in [4.69, 9.17) is 5.26 Å². The van der Waals surface area contributed by atoms with Crippen LogP contribution < -0.4 is 5.32 Å². The highest BCUT2D eigenvalue weighted by Gasteiger charge is 2.29. The quantitative estimate of drug-likeness (QED) is 0.887. The van der Waals surface area contributed by atoms with Gasteiger partial charge in [0.05, 0.1) is 17.2 Å². The van der Waals surface area contributed by atoms with Gasteiger partial charge >= 0.3 is 0 Å². The van der Waals surface area contributed by atoms with Gasteiger partial charge in [0.15, 0.2) is 0 Å². The number of hydrogen-bond acceptors (Lipinski definition) is 4. The third-order valence-corrected chi connectivity index (χ3v) is 4.69. The van der Waals surface area contributed by atoms with E-state index in [-0.39, 0.29) is 6.04 Å². The molecule has 0 saturated carbocycles. The normalized spacial score (nSPS) is 19.6. The minimum absolute atomic E-state index is 0.186. The molecule has 19 heavy (non-hydrogen) atoms. The molecule has 0 radical (unpaired) electrons. The van der Waals surface area contributed by atoms with Crippen molar-refractivity contribution in [3.8, 4) is 6.07 Å². The molecule has 3 nitrogen and oxygen atoms in total. The van der Waals surface area contributed by atoms with Crippen molar-refractivity contribution in [3.05, 3.63) is 35.4 Å². The molecule has 1 aromatic rings. The Bertz CT molecular complexity index is 446. The molecule has 1 heterocycles. The lowest BCUT2D eigenvalue weighted by Gasteiger charge is -2.33. The van der Waals surface area contributed by atoms with Gasteiger partial charge in [-0.05, 0) is 49.0 Å². The average molecular weight is 276 g/mol. The molecule has 0 aliphatic carbocycles. The zero-order valence-electron chi connectivity index (χ0n) is 11.2. The minimum Gasteiger partial charge on any atom is -0.389 e. The summed E-state index contributed by atoms with van der Waals surface area (Å²) in [5.74, 6) is 2.09. The highest BCUT2D eigenvalue weighted by atomic mass is 32.2. The number of nitrogens with zero attached hydrogens (tertiary/aromatic N) is 1. The van der Waals surface area contributed by atoms with Crippen LogP contribution in [-0.4, -0.2) is 28.8 Å². The summed E-state index contributed by atoms with van der Waals surface area (Å²) >= 11 is 1.91. The Morgan fingerprint density at radius 3 is 2.58 bits per heavy atom. The van der Waals surface area contributed by atoms with E-state index in [2.05, 4.69) is 18.3 Å². The molecule has 1 saturated heterocycles. The number of thioether (sulfide) groups is 1. The standard InChI is InChI=1S/C15H20N2OS/c1-12(14-4-2-13(10-16)3-5-14)17-11-15(18)6-8-19-9-7-15/h2-5,12,17-18H,6-9,11H2,1H3. The monoisotopic (exact) mass is 276 g/mol. The molecule has 2 rings (SSSR count). The van der Waals surface area contributed by atoms with Crippen molar-refractivity contribution < 1.29 is 5.11 Å². The summed E-state index contributed by atoms with van der Waals surface area (Å²) in [5.41, 5.74) is 1.28. The maximum atomic E-state index is 10.4. The van der Waals surface area contributed by atoms with Gasteiger partial charge in [0.2, 0.25) is 0 Å². The lowest BCUT2D eigenvalue weighted by molar-refractivity contribution is 0.0300. The SMILES string of the molecule is CC(NCC1(O)CCSCC1)c1ccc(C#N)cc1. The lowest BCUT2D eigenvalue weighted by Crippen LogP contribution is -2.44.